The van der Waals surface area contributed by atoms with E-state index in [1.807, 2.05) is 6.07 Å². The van der Waals surface area contributed by atoms with Crippen molar-refractivity contribution in [1.82, 2.24) is 15.5 Å². The maximum atomic E-state index is 12.0. The molecule has 1 saturated heterocycles. The van der Waals surface area contributed by atoms with E-state index in [0.717, 1.165) is 32.4 Å². The van der Waals surface area contributed by atoms with Gasteiger partial charge in [-0.3, -0.25) is 0 Å². The Hall–Kier alpha value is -1.55. The minimum atomic E-state index is -0.117. The van der Waals surface area contributed by atoms with Gasteiger partial charge in [0.15, 0.2) is 0 Å². The summed E-state index contributed by atoms with van der Waals surface area (Å²) in [6, 6.07) is 10.4. The molecule has 1 aliphatic heterocycles. The monoisotopic (exact) mass is 261 g/mol. The zero-order valence-corrected chi connectivity index (χ0v) is 11.8. The number of benzene rings is 1. The highest BCUT2D eigenvalue weighted by Gasteiger charge is 2.34. The molecule has 2 amide bonds. The topological polar surface area (TPSA) is 44.4 Å². The van der Waals surface area contributed by atoms with Crippen LogP contribution < -0.4 is 10.6 Å². The predicted molar refractivity (Wildman–Crippen MR) is 77.2 cm³/mol. The van der Waals surface area contributed by atoms with Gasteiger partial charge in [0.1, 0.15) is 0 Å². The van der Waals surface area contributed by atoms with Gasteiger partial charge in [-0.15, -0.1) is 0 Å². The third kappa shape index (κ3) is 3.70. The van der Waals surface area contributed by atoms with Crippen LogP contribution in [0.25, 0.3) is 0 Å². The van der Waals surface area contributed by atoms with Gasteiger partial charge in [0.25, 0.3) is 0 Å². The summed E-state index contributed by atoms with van der Waals surface area (Å²) in [5.74, 6) is 0. The van der Waals surface area contributed by atoms with E-state index in [1.165, 1.54) is 5.56 Å². The molecule has 0 saturated carbocycles. The highest BCUT2D eigenvalue weighted by molar-refractivity contribution is 5.74. The van der Waals surface area contributed by atoms with E-state index < -0.39 is 0 Å². The zero-order chi connectivity index (χ0) is 13.7. The third-order valence-corrected chi connectivity index (χ3v) is 3.72. The van der Waals surface area contributed by atoms with Crippen LogP contribution in [0, 0.1) is 0 Å². The molecule has 104 valence electrons. The van der Waals surface area contributed by atoms with Crippen molar-refractivity contribution in [3.63, 3.8) is 0 Å². The lowest BCUT2D eigenvalue weighted by molar-refractivity contribution is 0.185. The Labute approximate surface area is 115 Å². The molecule has 2 rings (SSSR count). The molecule has 1 aliphatic rings. The number of carbonyl (C=O) groups is 1. The number of urea groups is 1. The largest absolute Gasteiger partial charge is 0.332 e. The minimum absolute atomic E-state index is 0.00201. The third-order valence-electron chi connectivity index (χ3n) is 3.72. The summed E-state index contributed by atoms with van der Waals surface area (Å²) in [5, 5.41) is 6.59. The molecule has 19 heavy (non-hydrogen) atoms. The standard InChI is InChI=1S/C15H23N3O/c1-18(2)14(19)17-15(8-10-16-11-9-15)12-13-6-4-3-5-7-13/h3-7,16H,8-12H2,1-2H3,(H,17,19). The molecule has 0 atom stereocenters. The molecule has 1 aromatic rings. The fraction of sp³-hybridized carbons (Fsp3) is 0.533. The Morgan fingerprint density at radius 2 is 1.89 bits per heavy atom. The lowest BCUT2D eigenvalue weighted by Gasteiger charge is -2.39. The molecular formula is C15H23N3O. The van der Waals surface area contributed by atoms with Crippen molar-refractivity contribution in [3.05, 3.63) is 35.9 Å². The Morgan fingerprint density at radius 1 is 1.26 bits per heavy atom. The smallest absolute Gasteiger partial charge is 0.317 e. The number of piperidine rings is 1. The Morgan fingerprint density at radius 3 is 2.47 bits per heavy atom. The van der Waals surface area contributed by atoms with Crippen molar-refractivity contribution in [1.29, 1.82) is 0 Å². The number of nitrogens with zero attached hydrogens (tertiary/aromatic N) is 1. The van der Waals surface area contributed by atoms with Gasteiger partial charge in [0.05, 0.1) is 0 Å². The van der Waals surface area contributed by atoms with Crippen LogP contribution in [0.15, 0.2) is 30.3 Å². The van der Waals surface area contributed by atoms with E-state index in [4.69, 9.17) is 0 Å². The second-order valence-corrected chi connectivity index (χ2v) is 5.52. The van der Waals surface area contributed by atoms with E-state index >= 15 is 0 Å². The molecule has 4 nitrogen and oxygen atoms in total. The van der Waals surface area contributed by atoms with Gasteiger partial charge in [-0.05, 0) is 37.9 Å². The maximum absolute atomic E-state index is 12.0. The number of nitrogens with one attached hydrogen (secondary N) is 2. The Balaban J connectivity index is 2.12. The molecule has 4 heteroatoms. The second-order valence-electron chi connectivity index (χ2n) is 5.52. The van der Waals surface area contributed by atoms with Crippen LogP contribution in [0.3, 0.4) is 0 Å². The van der Waals surface area contributed by atoms with Gasteiger partial charge in [0.2, 0.25) is 0 Å². The van der Waals surface area contributed by atoms with Crippen molar-refractivity contribution in [2.75, 3.05) is 27.2 Å². The van der Waals surface area contributed by atoms with Crippen LogP contribution in [-0.4, -0.2) is 43.7 Å². The summed E-state index contributed by atoms with van der Waals surface area (Å²) < 4.78 is 0. The van der Waals surface area contributed by atoms with Crippen molar-refractivity contribution < 1.29 is 4.79 Å². The Bertz CT molecular complexity index is 411. The summed E-state index contributed by atoms with van der Waals surface area (Å²) in [7, 11) is 3.57. The first-order valence-corrected chi connectivity index (χ1v) is 6.85. The lowest BCUT2D eigenvalue weighted by Crippen LogP contribution is -2.57. The van der Waals surface area contributed by atoms with Gasteiger partial charge in [-0.1, -0.05) is 30.3 Å². The number of hydrogen-bond acceptors (Lipinski definition) is 2. The highest BCUT2D eigenvalue weighted by Crippen LogP contribution is 2.23. The van der Waals surface area contributed by atoms with Gasteiger partial charge < -0.3 is 15.5 Å². The van der Waals surface area contributed by atoms with E-state index in [-0.39, 0.29) is 11.6 Å². The van der Waals surface area contributed by atoms with Crippen LogP contribution in [0.4, 0.5) is 4.79 Å². The number of hydrogen-bond donors (Lipinski definition) is 2. The van der Waals surface area contributed by atoms with Gasteiger partial charge in [-0.25, -0.2) is 4.79 Å². The van der Waals surface area contributed by atoms with Crippen LogP contribution in [0.1, 0.15) is 18.4 Å². The molecule has 1 aromatic carbocycles. The van der Waals surface area contributed by atoms with Crippen LogP contribution in [0.5, 0.6) is 0 Å². The van der Waals surface area contributed by atoms with Gasteiger partial charge in [-0.2, -0.15) is 0 Å². The minimum Gasteiger partial charge on any atom is -0.332 e. The highest BCUT2D eigenvalue weighted by atomic mass is 16.2. The summed E-state index contributed by atoms with van der Waals surface area (Å²) in [6.07, 6.45) is 2.85. The molecule has 0 unspecified atom stereocenters. The predicted octanol–water partition coefficient (Wildman–Crippen LogP) is 1.62. The summed E-state index contributed by atoms with van der Waals surface area (Å²) in [4.78, 5) is 13.6. The molecule has 0 bridgehead atoms. The fourth-order valence-corrected chi connectivity index (χ4v) is 2.58. The molecule has 2 N–H and O–H groups in total. The normalized spacial score (nSPS) is 17.8. The number of rotatable bonds is 3. The SMILES string of the molecule is CN(C)C(=O)NC1(Cc2ccccc2)CCNCC1. The molecule has 0 aliphatic carbocycles. The quantitative estimate of drug-likeness (QED) is 0.868. The van der Waals surface area contributed by atoms with Crippen molar-refractivity contribution >= 4 is 6.03 Å². The summed E-state index contributed by atoms with van der Waals surface area (Å²) in [5.41, 5.74) is 1.16. The van der Waals surface area contributed by atoms with E-state index in [1.54, 1.807) is 19.0 Å². The average molecular weight is 261 g/mol. The van der Waals surface area contributed by atoms with E-state index in [9.17, 15) is 4.79 Å². The van der Waals surface area contributed by atoms with Gasteiger partial charge >= 0.3 is 6.03 Å². The van der Waals surface area contributed by atoms with Gasteiger partial charge in [0, 0.05) is 19.6 Å². The second kappa shape index (κ2) is 6.06. The van der Waals surface area contributed by atoms with Crippen LogP contribution in [0.2, 0.25) is 0 Å². The number of amides is 2. The van der Waals surface area contributed by atoms with Crippen molar-refractivity contribution in [2.24, 2.45) is 0 Å². The van der Waals surface area contributed by atoms with Crippen molar-refractivity contribution in [2.45, 2.75) is 24.8 Å². The molecule has 0 radical (unpaired) electrons. The van der Waals surface area contributed by atoms with Crippen molar-refractivity contribution in [3.8, 4) is 0 Å². The number of carbonyl (C=O) groups excluding carboxylic acids is 1. The molecule has 0 spiro atoms. The van der Waals surface area contributed by atoms with E-state index in [0.29, 0.717) is 0 Å². The summed E-state index contributed by atoms with van der Waals surface area (Å²) >= 11 is 0. The first kappa shape index (κ1) is 13.9. The molecular weight excluding hydrogens is 238 g/mol. The zero-order valence-electron chi connectivity index (χ0n) is 11.8. The lowest BCUT2D eigenvalue weighted by atomic mass is 9.82. The van der Waals surface area contributed by atoms with E-state index in [2.05, 4.69) is 34.9 Å². The molecule has 0 aromatic heterocycles. The first-order chi connectivity index (χ1) is 9.11. The molecule has 1 heterocycles. The van der Waals surface area contributed by atoms with Crippen LogP contribution >= 0.6 is 0 Å². The summed E-state index contributed by atoms with van der Waals surface area (Å²) in [6.45, 7) is 1.92. The average Bonchev–Trinajstić information content (AvgIpc) is 2.40. The molecule has 1 fully saturated rings. The fourth-order valence-electron chi connectivity index (χ4n) is 2.58. The first-order valence-electron chi connectivity index (χ1n) is 6.85. The Kier molecular flexibility index (Phi) is 4.43. The maximum Gasteiger partial charge on any atom is 0.317 e. The van der Waals surface area contributed by atoms with Crippen LogP contribution in [-0.2, 0) is 6.42 Å².